The van der Waals surface area contributed by atoms with Gasteiger partial charge in [0.25, 0.3) is 0 Å². The second-order valence-electron chi connectivity index (χ2n) is 3.66. The van der Waals surface area contributed by atoms with Crippen molar-refractivity contribution >= 4 is 5.84 Å². The number of oxime groups is 1. The molecule has 15 heavy (non-hydrogen) atoms. The quantitative estimate of drug-likeness (QED) is 0.254. The molecule has 0 spiro atoms. The molecule has 0 aromatic carbocycles. The molecule has 0 aliphatic rings. The van der Waals surface area contributed by atoms with E-state index in [1.54, 1.807) is 0 Å². The fourth-order valence-electron chi connectivity index (χ4n) is 1.41. The predicted octanol–water partition coefficient (Wildman–Crippen LogP) is 1.42. The summed E-state index contributed by atoms with van der Waals surface area (Å²) in [5.74, 6) is 0.300. The van der Waals surface area contributed by atoms with Gasteiger partial charge in [-0.15, -0.1) is 0 Å². The van der Waals surface area contributed by atoms with Gasteiger partial charge in [0.05, 0.1) is 12.0 Å². The van der Waals surface area contributed by atoms with Crippen LogP contribution in [0.1, 0.15) is 30.7 Å². The summed E-state index contributed by atoms with van der Waals surface area (Å²) in [6, 6.07) is 0. The zero-order valence-electron chi connectivity index (χ0n) is 9.27. The first-order chi connectivity index (χ1) is 7.15. The Hall–Kier alpha value is -1.52. The molecular formula is C10H18N4O. The van der Waals surface area contributed by atoms with Crippen LogP contribution in [-0.2, 0) is 6.54 Å². The van der Waals surface area contributed by atoms with Gasteiger partial charge in [-0.3, -0.25) is 0 Å². The van der Waals surface area contributed by atoms with Crippen LogP contribution in [0.15, 0.2) is 11.5 Å². The van der Waals surface area contributed by atoms with Crippen molar-refractivity contribution in [3.05, 3.63) is 17.7 Å². The Morgan fingerprint density at radius 2 is 2.27 bits per heavy atom. The topological polar surface area (TPSA) is 76.4 Å². The lowest BCUT2D eigenvalue weighted by atomic mass is 10.2. The lowest BCUT2D eigenvalue weighted by Crippen LogP contribution is -2.11. The Labute approximate surface area is 89.6 Å². The van der Waals surface area contributed by atoms with E-state index in [9.17, 15) is 0 Å². The minimum atomic E-state index is 0.300. The minimum absolute atomic E-state index is 0.300. The van der Waals surface area contributed by atoms with Crippen LogP contribution < -0.4 is 5.73 Å². The molecule has 0 atom stereocenters. The highest BCUT2D eigenvalue weighted by Gasteiger charge is 2.01. The van der Waals surface area contributed by atoms with Crippen molar-refractivity contribution in [1.82, 2.24) is 9.55 Å². The van der Waals surface area contributed by atoms with E-state index in [-0.39, 0.29) is 0 Å². The van der Waals surface area contributed by atoms with E-state index in [0.717, 1.165) is 25.1 Å². The summed E-state index contributed by atoms with van der Waals surface area (Å²) < 4.78 is 2.13. The van der Waals surface area contributed by atoms with Gasteiger partial charge in [0, 0.05) is 18.7 Å². The van der Waals surface area contributed by atoms with Crippen LogP contribution in [0.2, 0.25) is 0 Å². The van der Waals surface area contributed by atoms with Gasteiger partial charge in [-0.1, -0.05) is 5.16 Å². The number of unbranched alkanes of at least 4 members (excludes halogenated alkanes) is 1. The minimum Gasteiger partial charge on any atom is -0.409 e. The molecule has 0 aliphatic heterocycles. The highest BCUT2D eigenvalue weighted by molar-refractivity contribution is 5.79. The molecule has 1 aromatic rings. The predicted molar refractivity (Wildman–Crippen MR) is 59.0 cm³/mol. The number of hydrogen-bond acceptors (Lipinski definition) is 3. The first-order valence-corrected chi connectivity index (χ1v) is 5.10. The summed E-state index contributed by atoms with van der Waals surface area (Å²) in [4.78, 5) is 4.22. The van der Waals surface area contributed by atoms with Gasteiger partial charge in [-0.05, 0) is 26.7 Å². The van der Waals surface area contributed by atoms with Gasteiger partial charge in [0.2, 0.25) is 0 Å². The molecule has 84 valence electrons. The van der Waals surface area contributed by atoms with E-state index >= 15 is 0 Å². The average Bonchev–Trinajstić information content (AvgIpc) is 2.55. The number of rotatable bonds is 5. The van der Waals surface area contributed by atoms with E-state index in [1.165, 1.54) is 5.69 Å². The first-order valence-electron chi connectivity index (χ1n) is 5.10. The van der Waals surface area contributed by atoms with E-state index in [2.05, 4.69) is 21.6 Å². The Balaban J connectivity index is 2.29. The smallest absolute Gasteiger partial charge is 0.139 e. The van der Waals surface area contributed by atoms with E-state index in [4.69, 9.17) is 10.9 Å². The molecule has 3 N–H and O–H groups in total. The molecule has 0 bridgehead atoms. The molecular weight excluding hydrogens is 192 g/mol. The molecule has 0 saturated heterocycles. The van der Waals surface area contributed by atoms with Crippen LogP contribution in [0, 0.1) is 13.8 Å². The van der Waals surface area contributed by atoms with Crippen molar-refractivity contribution in [1.29, 1.82) is 0 Å². The van der Waals surface area contributed by atoms with Gasteiger partial charge < -0.3 is 15.5 Å². The number of imidazole rings is 1. The summed E-state index contributed by atoms with van der Waals surface area (Å²) in [6.07, 6.45) is 4.43. The summed E-state index contributed by atoms with van der Waals surface area (Å²) in [7, 11) is 0. The number of nitrogens with two attached hydrogens (primary N) is 1. The Kier molecular flexibility index (Phi) is 4.15. The second-order valence-corrected chi connectivity index (χ2v) is 3.66. The normalized spacial score (nSPS) is 12.0. The summed E-state index contributed by atoms with van der Waals surface area (Å²) >= 11 is 0. The molecule has 5 heteroatoms. The summed E-state index contributed by atoms with van der Waals surface area (Å²) in [5, 5.41) is 11.3. The number of amidine groups is 1. The van der Waals surface area contributed by atoms with Crippen molar-refractivity contribution in [2.45, 2.75) is 39.7 Å². The average molecular weight is 210 g/mol. The first kappa shape index (κ1) is 11.6. The van der Waals surface area contributed by atoms with Crippen LogP contribution in [0.5, 0.6) is 0 Å². The Bertz CT molecular complexity index is 343. The SMILES string of the molecule is Cc1ncn(CCCCC(N)=NO)c1C. The molecule has 1 heterocycles. The van der Waals surface area contributed by atoms with Crippen LogP contribution in [0.3, 0.4) is 0 Å². The van der Waals surface area contributed by atoms with Crippen molar-refractivity contribution in [3.63, 3.8) is 0 Å². The van der Waals surface area contributed by atoms with E-state index in [0.29, 0.717) is 12.3 Å². The maximum Gasteiger partial charge on any atom is 0.139 e. The molecule has 5 nitrogen and oxygen atoms in total. The van der Waals surface area contributed by atoms with Crippen LogP contribution in [0.25, 0.3) is 0 Å². The molecule has 1 rings (SSSR count). The van der Waals surface area contributed by atoms with Gasteiger partial charge in [0.15, 0.2) is 0 Å². The Morgan fingerprint density at radius 1 is 1.53 bits per heavy atom. The van der Waals surface area contributed by atoms with Gasteiger partial charge in [-0.2, -0.15) is 0 Å². The van der Waals surface area contributed by atoms with E-state index in [1.807, 2.05) is 13.3 Å². The van der Waals surface area contributed by atoms with Gasteiger partial charge in [-0.25, -0.2) is 4.98 Å². The molecule has 0 saturated carbocycles. The van der Waals surface area contributed by atoms with Gasteiger partial charge >= 0.3 is 0 Å². The molecule has 0 unspecified atom stereocenters. The molecule has 0 fully saturated rings. The fraction of sp³-hybridized carbons (Fsp3) is 0.600. The van der Waals surface area contributed by atoms with Gasteiger partial charge in [0.1, 0.15) is 5.84 Å². The number of aryl methyl sites for hydroxylation is 2. The number of hydrogen-bond donors (Lipinski definition) is 2. The maximum absolute atomic E-state index is 8.35. The molecule has 0 aliphatic carbocycles. The monoisotopic (exact) mass is 210 g/mol. The van der Waals surface area contributed by atoms with Crippen molar-refractivity contribution in [2.24, 2.45) is 10.9 Å². The third-order valence-corrected chi connectivity index (χ3v) is 2.56. The van der Waals surface area contributed by atoms with Crippen molar-refractivity contribution in [2.75, 3.05) is 0 Å². The molecule has 0 radical (unpaired) electrons. The van der Waals surface area contributed by atoms with Crippen LogP contribution >= 0.6 is 0 Å². The lowest BCUT2D eigenvalue weighted by Gasteiger charge is -2.04. The number of nitrogens with zero attached hydrogens (tertiary/aromatic N) is 3. The van der Waals surface area contributed by atoms with Crippen molar-refractivity contribution < 1.29 is 5.21 Å². The zero-order valence-corrected chi connectivity index (χ0v) is 9.27. The largest absolute Gasteiger partial charge is 0.409 e. The highest BCUT2D eigenvalue weighted by atomic mass is 16.4. The van der Waals surface area contributed by atoms with Crippen LogP contribution in [0.4, 0.5) is 0 Å². The highest BCUT2D eigenvalue weighted by Crippen LogP contribution is 2.06. The third kappa shape index (κ3) is 3.27. The fourth-order valence-corrected chi connectivity index (χ4v) is 1.41. The zero-order chi connectivity index (χ0) is 11.3. The summed E-state index contributed by atoms with van der Waals surface area (Å²) in [6.45, 7) is 5.00. The third-order valence-electron chi connectivity index (χ3n) is 2.56. The maximum atomic E-state index is 8.35. The number of aromatic nitrogens is 2. The Morgan fingerprint density at radius 3 is 2.80 bits per heavy atom. The van der Waals surface area contributed by atoms with E-state index < -0.39 is 0 Å². The summed E-state index contributed by atoms with van der Waals surface area (Å²) in [5.41, 5.74) is 7.65. The van der Waals surface area contributed by atoms with Crippen molar-refractivity contribution in [3.8, 4) is 0 Å². The molecule has 1 aromatic heterocycles. The molecule has 0 amide bonds. The standard InChI is InChI=1S/C10H18N4O/c1-8-9(2)14(7-12-8)6-4-3-5-10(11)13-15/h7,15H,3-6H2,1-2H3,(H2,11,13). The van der Waals surface area contributed by atoms with Crippen LogP contribution in [-0.4, -0.2) is 20.6 Å². The second kappa shape index (κ2) is 5.38. The lowest BCUT2D eigenvalue weighted by molar-refractivity contribution is 0.316.